The molecule has 0 fully saturated rings. The van der Waals surface area contributed by atoms with Crippen LogP contribution in [0.5, 0.6) is 5.75 Å². The van der Waals surface area contributed by atoms with Crippen LogP contribution in [0.2, 0.25) is 0 Å². The first-order chi connectivity index (χ1) is 8.90. The van der Waals surface area contributed by atoms with E-state index in [2.05, 4.69) is 5.16 Å². The van der Waals surface area contributed by atoms with Gasteiger partial charge in [0.2, 0.25) is 0 Å². The minimum atomic E-state index is -0.374. The van der Waals surface area contributed by atoms with Gasteiger partial charge in [-0.1, -0.05) is 5.16 Å². The maximum atomic E-state index is 12.5. The fourth-order valence-electron chi connectivity index (χ4n) is 2.16. The summed E-state index contributed by atoms with van der Waals surface area (Å²) >= 11 is 0. The monoisotopic (exact) mass is 262 g/mol. The zero-order valence-corrected chi connectivity index (χ0v) is 11.9. The lowest BCUT2D eigenvalue weighted by Gasteiger charge is -2.31. The van der Waals surface area contributed by atoms with E-state index >= 15 is 0 Å². The molecule has 0 spiro atoms. The van der Waals surface area contributed by atoms with Crippen molar-refractivity contribution in [1.82, 2.24) is 4.90 Å². The van der Waals surface area contributed by atoms with Crippen LogP contribution in [0.15, 0.2) is 23.4 Å². The largest absolute Gasteiger partial charge is 0.497 e. The minimum absolute atomic E-state index is 0.0859. The molecule has 0 atom stereocenters. The molecular formula is C14H18N2O3. The number of methoxy groups -OCH3 is 1. The summed E-state index contributed by atoms with van der Waals surface area (Å²) in [5, 5.41) is 4.00. The van der Waals surface area contributed by atoms with Crippen molar-refractivity contribution in [3.05, 3.63) is 29.3 Å². The third-order valence-electron chi connectivity index (χ3n) is 2.96. The quantitative estimate of drug-likeness (QED) is 0.768. The minimum Gasteiger partial charge on any atom is -0.497 e. The number of carbonyl (C=O) groups excluding carboxylic acids is 1. The number of oxime groups is 1. The molecule has 1 amide bonds. The van der Waals surface area contributed by atoms with Crippen molar-refractivity contribution in [2.75, 3.05) is 14.2 Å². The maximum Gasteiger partial charge on any atom is 0.260 e. The number of hydrogen-bond acceptors (Lipinski definition) is 4. The van der Waals surface area contributed by atoms with Gasteiger partial charge in [0.05, 0.1) is 12.7 Å². The van der Waals surface area contributed by atoms with Crippen molar-refractivity contribution in [3.63, 3.8) is 0 Å². The van der Waals surface area contributed by atoms with E-state index in [0.29, 0.717) is 17.1 Å². The Morgan fingerprint density at radius 2 is 1.84 bits per heavy atom. The normalized spacial score (nSPS) is 16.8. The average Bonchev–Trinajstić information content (AvgIpc) is 2.62. The maximum absolute atomic E-state index is 12.5. The molecule has 0 saturated carbocycles. The first-order valence-corrected chi connectivity index (χ1v) is 6.04. The molecule has 1 aromatic carbocycles. The summed E-state index contributed by atoms with van der Waals surface area (Å²) in [7, 11) is 3.05. The van der Waals surface area contributed by atoms with Crippen LogP contribution in [-0.4, -0.2) is 36.4 Å². The van der Waals surface area contributed by atoms with Gasteiger partial charge in [0.1, 0.15) is 12.9 Å². The Kier molecular flexibility index (Phi) is 3.22. The number of nitrogens with zero attached hydrogens (tertiary/aromatic N) is 2. The van der Waals surface area contributed by atoms with Crippen LogP contribution in [0, 0.1) is 0 Å². The number of amides is 1. The summed E-state index contributed by atoms with van der Waals surface area (Å²) in [4.78, 5) is 19.0. The number of hydrogen-bond donors (Lipinski definition) is 0. The van der Waals surface area contributed by atoms with Gasteiger partial charge in [-0.3, -0.25) is 9.69 Å². The Bertz CT molecular complexity index is 544. The molecule has 102 valence electrons. The highest BCUT2D eigenvalue weighted by atomic mass is 16.6. The molecule has 5 heteroatoms. The van der Waals surface area contributed by atoms with Crippen molar-refractivity contribution < 1.29 is 14.4 Å². The van der Waals surface area contributed by atoms with E-state index in [1.54, 1.807) is 18.1 Å². The number of carbonyl (C=O) groups is 1. The van der Waals surface area contributed by atoms with Crippen LogP contribution >= 0.6 is 0 Å². The van der Waals surface area contributed by atoms with Gasteiger partial charge in [-0.05, 0) is 39.0 Å². The molecule has 0 bridgehead atoms. The Hall–Kier alpha value is -2.04. The van der Waals surface area contributed by atoms with Crippen LogP contribution in [0.1, 0.15) is 36.7 Å². The first-order valence-electron chi connectivity index (χ1n) is 6.04. The fourth-order valence-corrected chi connectivity index (χ4v) is 2.16. The van der Waals surface area contributed by atoms with Gasteiger partial charge in [0, 0.05) is 11.1 Å². The number of benzene rings is 1. The molecule has 19 heavy (non-hydrogen) atoms. The summed E-state index contributed by atoms with van der Waals surface area (Å²) in [6.45, 7) is 5.87. The Morgan fingerprint density at radius 3 is 2.37 bits per heavy atom. The van der Waals surface area contributed by atoms with Crippen LogP contribution in [-0.2, 0) is 4.84 Å². The summed E-state index contributed by atoms with van der Waals surface area (Å²) < 4.78 is 5.16. The van der Waals surface area contributed by atoms with Gasteiger partial charge in [-0.2, -0.15) is 0 Å². The molecule has 5 nitrogen and oxygen atoms in total. The predicted molar refractivity (Wildman–Crippen MR) is 72.5 cm³/mol. The number of amidine groups is 1. The lowest BCUT2D eigenvalue weighted by atomic mass is 10.1. The van der Waals surface area contributed by atoms with Crippen molar-refractivity contribution >= 4 is 11.7 Å². The Morgan fingerprint density at radius 1 is 1.16 bits per heavy atom. The molecule has 1 heterocycles. The summed E-state index contributed by atoms with van der Waals surface area (Å²) in [6.07, 6.45) is 0. The average molecular weight is 262 g/mol. The van der Waals surface area contributed by atoms with Crippen molar-refractivity contribution in [2.24, 2.45) is 5.16 Å². The molecule has 2 rings (SSSR count). The van der Waals surface area contributed by atoms with E-state index in [0.717, 1.165) is 5.56 Å². The number of fused-ring (bicyclic) bond motifs is 1. The molecule has 0 radical (unpaired) electrons. The summed E-state index contributed by atoms with van der Waals surface area (Å²) in [6, 6.07) is 5.37. The highest BCUT2D eigenvalue weighted by molar-refractivity contribution is 6.23. The SMILES string of the molecule is CO/N=C1\c2ccc(OC)cc2C(=O)N1C(C)(C)C. The first kappa shape index (κ1) is 13.4. The van der Waals surface area contributed by atoms with E-state index in [1.807, 2.05) is 32.9 Å². The lowest BCUT2D eigenvalue weighted by molar-refractivity contribution is 0.0756. The molecule has 0 aliphatic carbocycles. The Labute approximate surface area is 112 Å². The summed E-state index contributed by atoms with van der Waals surface area (Å²) in [5.41, 5.74) is 0.980. The molecule has 0 unspecified atom stereocenters. The molecule has 1 aliphatic rings. The highest BCUT2D eigenvalue weighted by Gasteiger charge is 2.41. The van der Waals surface area contributed by atoms with Crippen molar-refractivity contribution in [2.45, 2.75) is 26.3 Å². The van der Waals surface area contributed by atoms with Gasteiger partial charge < -0.3 is 9.57 Å². The fraction of sp³-hybridized carbons (Fsp3) is 0.429. The van der Waals surface area contributed by atoms with Gasteiger partial charge in [-0.25, -0.2) is 0 Å². The Balaban J connectivity index is 2.60. The van der Waals surface area contributed by atoms with E-state index in [4.69, 9.17) is 9.57 Å². The number of ether oxygens (including phenoxy) is 1. The van der Waals surface area contributed by atoms with E-state index in [1.165, 1.54) is 7.11 Å². The van der Waals surface area contributed by atoms with E-state index < -0.39 is 0 Å². The molecule has 0 aromatic heterocycles. The second kappa shape index (κ2) is 4.57. The molecule has 1 aliphatic heterocycles. The zero-order valence-electron chi connectivity index (χ0n) is 11.9. The van der Waals surface area contributed by atoms with Crippen LogP contribution < -0.4 is 4.74 Å². The second-order valence-electron chi connectivity index (χ2n) is 5.32. The van der Waals surface area contributed by atoms with Crippen LogP contribution in [0.4, 0.5) is 0 Å². The third-order valence-corrected chi connectivity index (χ3v) is 2.96. The van der Waals surface area contributed by atoms with Gasteiger partial charge in [0.25, 0.3) is 5.91 Å². The number of rotatable bonds is 2. The predicted octanol–water partition coefficient (Wildman–Crippen LogP) is 2.26. The molecule has 0 saturated heterocycles. The lowest BCUT2D eigenvalue weighted by Crippen LogP contribution is -2.45. The van der Waals surface area contributed by atoms with Gasteiger partial charge in [-0.15, -0.1) is 0 Å². The third kappa shape index (κ3) is 2.16. The van der Waals surface area contributed by atoms with Crippen molar-refractivity contribution in [1.29, 1.82) is 0 Å². The van der Waals surface area contributed by atoms with Gasteiger partial charge in [0.15, 0.2) is 5.84 Å². The highest BCUT2D eigenvalue weighted by Crippen LogP contribution is 2.32. The topological polar surface area (TPSA) is 51.1 Å². The van der Waals surface area contributed by atoms with Crippen LogP contribution in [0.3, 0.4) is 0 Å². The molecular weight excluding hydrogens is 244 g/mol. The van der Waals surface area contributed by atoms with Gasteiger partial charge >= 0.3 is 0 Å². The van der Waals surface area contributed by atoms with E-state index in [9.17, 15) is 4.79 Å². The summed E-state index contributed by atoms with van der Waals surface area (Å²) in [5.74, 6) is 1.11. The standard InChI is InChI=1S/C14H18N2O3/c1-14(2,3)16-12(15-19-5)10-7-6-9(18-4)8-11(10)13(16)17/h6-8H,1-5H3/b15-12+. The van der Waals surface area contributed by atoms with E-state index in [-0.39, 0.29) is 11.4 Å². The smallest absolute Gasteiger partial charge is 0.260 e. The van der Waals surface area contributed by atoms with Crippen LogP contribution in [0.25, 0.3) is 0 Å². The van der Waals surface area contributed by atoms with Crippen molar-refractivity contribution in [3.8, 4) is 5.75 Å². The zero-order chi connectivity index (χ0) is 14.2. The molecule has 1 aromatic rings. The second-order valence-corrected chi connectivity index (χ2v) is 5.32. The molecule has 0 N–H and O–H groups in total.